The Hall–Kier alpha value is -2.67. The number of carbonyl (C=O) groups excluding carboxylic acids is 2. The Morgan fingerprint density at radius 3 is 2.19 bits per heavy atom. The van der Waals surface area contributed by atoms with E-state index in [1.807, 2.05) is 36.4 Å². The van der Waals surface area contributed by atoms with Crippen LogP contribution in [0.5, 0.6) is 0 Å². The van der Waals surface area contributed by atoms with Gasteiger partial charge in [-0.25, -0.2) is 8.42 Å². The maximum absolute atomic E-state index is 13.2. The summed E-state index contributed by atoms with van der Waals surface area (Å²) >= 11 is 0. The quantitative estimate of drug-likeness (QED) is 0.569. The first-order valence-corrected chi connectivity index (χ1v) is 12.1. The first-order chi connectivity index (χ1) is 14.7. The summed E-state index contributed by atoms with van der Waals surface area (Å²) in [6.45, 7) is 2.98. The molecule has 3 rings (SSSR count). The molecule has 1 N–H and O–H groups in total. The van der Waals surface area contributed by atoms with Gasteiger partial charge in [0.15, 0.2) is 9.84 Å². The van der Waals surface area contributed by atoms with Gasteiger partial charge in [-0.15, -0.1) is 0 Å². The molecule has 1 fully saturated rings. The number of esters is 1. The number of amides is 1. The number of rotatable bonds is 10. The van der Waals surface area contributed by atoms with Gasteiger partial charge in [-0.2, -0.15) is 0 Å². The molecule has 1 atom stereocenters. The number of ether oxygens (including phenoxy) is 1. The van der Waals surface area contributed by atoms with Crippen LogP contribution in [0.1, 0.15) is 50.2 Å². The van der Waals surface area contributed by atoms with Crippen LogP contribution in [-0.2, 0) is 30.8 Å². The molecule has 0 heterocycles. The number of nitrogens with one attached hydrogen (secondary N) is 1. The van der Waals surface area contributed by atoms with Gasteiger partial charge in [-0.1, -0.05) is 60.7 Å². The third kappa shape index (κ3) is 6.17. The van der Waals surface area contributed by atoms with Crippen LogP contribution in [0.2, 0.25) is 0 Å². The maximum Gasteiger partial charge on any atom is 0.306 e. The smallest absolute Gasteiger partial charge is 0.306 e. The van der Waals surface area contributed by atoms with Crippen molar-refractivity contribution in [2.75, 3.05) is 5.75 Å². The fourth-order valence-corrected chi connectivity index (χ4v) is 4.80. The lowest BCUT2D eigenvalue weighted by Gasteiger charge is -2.26. The lowest BCUT2D eigenvalue weighted by molar-refractivity contribution is -0.145. The Morgan fingerprint density at radius 1 is 1.03 bits per heavy atom. The molecule has 2 aromatic rings. The van der Waals surface area contributed by atoms with E-state index in [-0.39, 0.29) is 24.8 Å². The second-order valence-electron chi connectivity index (χ2n) is 8.50. The van der Waals surface area contributed by atoms with Crippen molar-refractivity contribution < 1.29 is 22.7 Å². The Balaban J connectivity index is 1.72. The van der Waals surface area contributed by atoms with E-state index < -0.39 is 32.4 Å². The molecule has 1 aliphatic carbocycles. The SMILES string of the molecule is CC(C)(C(=O)NC1CC1)S(=O)(=O)CC(CC(=O)OCc1ccccc1)c1ccccc1. The standard InChI is InChI=1S/C24H29NO5S/c1-24(2,23(27)25-21-13-14-21)31(28,29)17-20(19-11-7-4-8-12-19)15-22(26)30-16-18-9-5-3-6-10-18/h3-12,20-21H,13-17H2,1-2H3,(H,25,27). The largest absolute Gasteiger partial charge is 0.461 e. The Kier molecular flexibility index (Phi) is 7.15. The van der Waals surface area contributed by atoms with E-state index >= 15 is 0 Å². The number of benzene rings is 2. The molecule has 1 unspecified atom stereocenters. The van der Waals surface area contributed by atoms with Crippen LogP contribution in [0.3, 0.4) is 0 Å². The Labute approximate surface area is 183 Å². The second kappa shape index (κ2) is 9.64. The van der Waals surface area contributed by atoms with Crippen molar-refractivity contribution in [3.05, 3.63) is 71.8 Å². The summed E-state index contributed by atoms with van der Waals surface area (Å²) < 4.78 is 30.2. The average Bonchev–Trinajstić information content (AvgIpc) is 3.57. The second-order valence-corrected chi connectivity index (χ2v) is 11.1. The highest BCUT2D eigenvalue weighted by Gasteiger charge is 2.44. The summed E-state index contributed by atoms with van der Waals surface area (Å²) in [4.78, 5) is 25.1. The molecule has 0 spiro atoms. The van der Waals surface area contributed by atoms with Crippen molar-refractivity contribution in [3.63, 3.8) is 0 Å². The molecule has 0 bridgehead atoms. The van der Waals surface area contributed by atoms with Crippen LogP contribution >= 0.6 is 0 Å². The van der Waals surface area contributed by atoms with Crippen LogP contribution in [0.15, 0.2) is 60.7 Å². The first-order valence-electron chi connectivity index (χ1n) is 10.5. The number of hydrogen-bond acceptors (Lipinski definition) is 5. The van der Waals surface area contributed by atoms with Gasteiger partial charge in [0.25, 0.3) is 0 Å². The van der Waals surface area contributed by atoms with Crippen molar-refractivity contribution in [2.45, 2.75) is 56.4 Å². The van der Waals surface area contributed by atoms with E-state index in [1.165, 1.54) is 13.8 Å². The normalized spacial score (nSPS) is 15.2. The van der Waals surface area contributed by atoms with Crippen LogP contribution in [-0.4, -0.2) is 36.8 Å². The van der Waals surface area contributed by atoms with E-state index in [1.54, 1.807) is 24.3 Å². The summed E-state index contributed by atoms with van der Waals surface area (Å²) in [7, 11) is -3.86. The van der Waals surface area contributed by atoms with Gasteiger partial charge < -0.3 is 10.1 Å². The molecule has 1 amide bonds. The molecule has 0 saturated heterocycles. The first kappa shape index (κ1) is 23.0. The summed E-state index contributed by atoms with van der Waals surface area (Å²) in [5, 5.41) is 2.78. The molecule has 2 aromatic carbocycles. The van der Waals surface area contributed by atoms with Crippen molar-refractivity contribution in [1.29, 1.82) is 0 Å². The van der Waals surface area contributed by atoms with E-state index in [2.05, 4.69) is 5.32 Å². The number of carbonyl (C=O) groups is 2. The highest BCUT2D eigenvalue weighted by Crippen LogP contribution is 2.29. The summed E-state index contributed by atoms with van der Waals surface area (Å²) in [6, 6.07) is 18.4. The zero-order valence-corrected chi connectivity index (χ0v) is 18.7. The summed E-state index contributed by atoms with van der Waals surface area (Å²) in [6.07, 6.45) is 1.67. The molecule has 0 aromatic heterocycles. The van der Waals surface area contributed by atoms with Crippen LogP contribution in [0, 0.1) is 0 Å². The molecule has 6 nitrogen and oxygen atoms in total. The predicted molar refractivity (Wildman–Crippen MR) is 119 cm³/mol. The maximum atomic E-state index is 13.2. The molecule has 0 radical (unpaired) electrons. The average molecular weight is 444 g/mol. The van der Waals surface area contributed by atoms with Crippen LogP contribution in [0.4, 0.5) is 0 Å². The van der Waals surface area contributed by atoms with Crippen LogP contribution in [0.25, 0.3) is 0 Å². The molecule has 7 heteroatoms. The van der Waals surface area contributed by atoms with Gasteiger partial charge in [0.1, 0.15) is 11.4 Å². The summed E-state index contributed by atoms with van der Waals surface area (Å²) in [5.74, 6) is -1.90. The summed E-state index contributed by atoms with van der Waals surface area (Å²) in [5.41, 5.74) is 1.58. The van der Waals surface area contributed by atoms with Crippen molar-refractivity contribution in [2.24, 2.45) is 0 Å². The van der Waals surface area contributed by atoms with Crippen molar-refractivity contribution >= 4 is 21.7 Å². The van der Waals surface area contributed by atoms with Crippen molar-refractivity contribution in [1.82, 2.24) is 5.32 Å². The van der Waals surface area contributed by atoms with Crippen molar-refractivity contribution in [3.8, 4) is 0 Å². The van der Waals surface area contributed by atoms with E-state index in [0.29, 0.717) is 0 Å². The molecular formula is C24H29NO5S. The highest BCUT2D eigenvalue weighted by atomic mass is 32.2. The van der Waals surface area contributed by atoms with Crippen LogP contribution < -0.4 is 5.32 Å². The lowest BCUT2D eigenvalue weighted by Crippen LogP contribution is -2.50. The minimum atomic E-state index is -3.86. The molecule has 166 valence electrons. The van der Waals surface area contributed by atoms with Gasteiger partial charge in [-0.05, 0) is 37.8 Å². The fraction of sp³-hybridized carbons (Fsp3) is 0.417. The minimum Gasteiger partial charge on any atom is -0.461 e. The fourth-order valence-electron chi connectivity index (χ4n) is 3.20. The topological polar surface area (TPSA) is 89.5 Å². The lowest BCUT2D eigenvalue weighted by atomic mass is 9.98. The zero-order valence-electron chi connectivity index (χ0n) is 17.9. The van der Waals surface area contributed by atoms with Gasteiger partial charge in [0.2, 0.25) is 5.91 Å². The number of hydrogen-bond donors (Lipinski definition) is 1. The molecule has 1 saturated carbocycles. The molecule has 0 aliphatic heterocycles. The molecule has 1 aliphatic rings. The van der Waals surface area contributed by atoms with Gasteiger partial charge in [0, 0.05) is 12.0 Å². The number of sulfone groups is 1. The van der Waals surface area contributed by atoms with Gasteiger partial charge in [0.05, 0.1) is 12.2 Å². The third-order valence-corrected chi connectivity index (χ3v) is 8.17. The minimum absolute atomic E-state index is 0.0693. The van der Waals surface area contributed by atoms with E-state index in [0.717, 1.165) is 24.0 Å². The van der Waals surface area contributed by atoms with Gasteiger partial charge in [-0.3, -0.25) is 9.59 Å². The molecular weight excluding hydrogens is 414 g/mol. The monoisotopic (exact) mass is 443 g/mol. The van der Waals surface area contributed by atoms with Gasteiger partial charge >= 0.3 is 5.97 Å². The van der Waals surface area contributed by atoms with E-state index in [9.17, 15) is 18.0 Å². The highest BCUT2D eigenvalue weighted by molar-refractivity contribution is 7.93. The Bertz CT molecular complexity index is 999. The predicted octanol–water partition coefficient (Wildman–Crippen LogP) is 3.38. The Morgan fingerprint density at radius 2 is 1.61 bits per heavy atom. The van der Waals surface area contributed by atoms with E-state index in [4.69, 9.17) is 4.74 Å². The molecule has 31 heavy (non-hydrogen) atoms. The third-order valence-electron chi connectivity index (χ3n) is 5.58. The zero-order chi connectivity index (χ0) is 22.5.